The molecule has 0 aliphatic rings. The Morgan fingerprint density at radius 1 is 1.43 bits per heavy atom. The molecule has 0 spiro atoms. The van der Waals surface area contributed by atoms with Crippen LogP contribution < -0.4 is 0 Å². The number of fused-ring (bicyclic) bond motifs is 1. The molecule has 0 amide bonds. The van der Waals surface area contributed by atoms with E-state index in [0.29, 0.717) is 0 Å². The Bertz CT molecular complexity index is 472. The van der Waals surface area contributed by atoms with Crippen molar-refractivity contribution in [1.82, 2.24) is 4.98 Å². The highest BCUT2D eigenvalue weighted by atomic mass is 14.7. The summed E-state index contributed by atoms with van der Waals surface area (Å²) in [7, 11) is 0. The molecule has 70 valence electrons. The van der Waals surface area contributed by atoms with E-state index >= 15 is 0 Å². The zero-order valence-corrected chi connectivity index (χ0v) is 8.33. The van der Waals surface area contributed by atoms with E-state index in [4.69, 9.17) is 0 Å². The number of aryl methyl sites for hydroxylation is 1. The van der Waals surface area contributed by atoms with Crippen LogP contribution in [-0.2, 0) is 6.42 Å². The first kappa shape index (κ1) is 8.95. The number of hydrogen-bond acceptors (Lipinski definition) is 1. The SMILES string of the molecule is C=Cc1cnc2c(CC)cccc2c1. The van der Waals surface area contributed by atoms with Gasteiger partial charge in [-0.05, 0) is 23.6 Å². The van der Waals surface area contributed by atoms with Gasteiger partial charge in [-0.1, -0.05) is 37.8 Å². The summed E-state index contributed by atoms with van der Waals surface area (Å²) < 4.78 is 0. The van der Waals surface area contributed by atoms with Crippen molar-refractivity contribution in [3.05, 3.63) is 48.2 Å². The number of rotatable bonds is 2. The first-order valence-corrected chi connectivity index (χ1v) is 4.85. The van der Waals surface area contributed by atoms with Crippen molar-refractivity contribution in [2.45, 2.75) is 13.3 Å². The highest BCUT2D eigenvalue weighted by Crippen LogP contribution is 2.18. The van der Waals surface area contributed by atoms with Crippen molar-refractivity contribution in [3.8, 4) is 0 Å². The maximum Gasteiger partial charge on any atom is 0.0734 e. The molecule has 2 aromatic rings. The highest BCUT2D eigenvalue weighted by Gasteiger charge is 1.99. The molecule has 1 nitrogen and oxygen atoms in total. The molecule has 1 heteroatoms. The van der Waals surface area contributed by atoms with E-state index in [-0.39, 0.29) is 0 Å². The molecule has 1 aromatic carbocycles. The molecule has 14 heavy (non-hydrogen) atoms. The Hall–Kier alpha value is -1.63. The fourth-order valence-corrected chi connectivity index (χ4v) is 1.64. The summed E-state index contributed by atoms with van der Waals surface area (Å²) in [4.78, 5) is 4.45. The van der Waals surface area contributed by atoms with Gasteiger partial charge in [0.2, 0.25) is 0 Å². The number of aromatic nitrogens is 1. The van der Waals surface area contributed by atoms with Gasteiger partial charge in [0.25, 0.3) is 0 Å². The number of pyridine rings is 1. The van der Waals surface area contributed by atoms with E-state index in [1.807, 2.05) is 12.3 Å². The summed E-state index contributed by atoms with van der Waals surface area (Å²) in [5.74, 6) is 0. The molecule has 0 radical (unpaired) electrons. The van der Waals surface area contributed by atoms with Crippen molar-refractivity contribution >= 4 is 17.0 Å². The van der Waals surface area contributed by atoms with E-state index in [1.54, 1.807) is 0 Å². The highest BCUT2D eigenvalue weighted by molar-refractivity contribution is 5.83. The predicted molar refractivity (Wildman–Crippen MR) is 61.2 cm³/mol. The van der Waals surface area contributed by atoms with Gasteiger partial charge in [-0.2, -0.15) is 0 Å². The smallest absolute Gasteiger partial charge is 0.0734 e. The van der Waals surface area contributed by atoms with E-state index < -0.39 is 0 Å². The molecule has 1 heterocycles. The van der Waals surface area contributed by atoms with Gasteiger partial charge in [0.05, 0.1) is 5.52 Å². The molecule has 0 saturated carbocycles. The Labute approximate surface area is 84.1 Å². The van der Waals surface area contributed by atoms with Crippen LogP contribution in [0.25, 0.3) is 17.0 Å². The molecule has 0 atom stereocenters. The van der Waals surface area contributed by atoms with Crippen LogP contribution in [0, 0.1) is 0 Å². The summed E-state index contributed by atoms with van der Waals surface area (Å²) in [6.07, 6.45) is 4.72. The van der Waals surface area contributed by atoms with Gasteiger partial charge in [0.1, 0.15) is 0 Å². The van der Waals surface area contributed by atoms with Gasteiger partial charge in [0.15, 0.2) is 0 Å². The topological polar surface area (TPSA) is 12.9 Å². The molecule has 0 N–H and O–H groups in total. The summed E-state index contributed by atoms with van der Waals surface area (Å²) in [5, 5.41) is 1.20. The van der Waals surface area contributed by atoms with E-state index in [0.717, 1.165) is 17.5 Å². The number of hydrogen-bond donors (Lipinski definition) is 0. The molecule has 0 unspecified atom stereocenters. The molecular weight excluding hydrogens is 170 g/mol. The Kier molecular flexibility index (Phi) is 2.32. The normalized spacial score (nSPS) is 10.4. The molecule has 0 fully saturated rings. The van der Waals surface area contributed by atoms with Crippen molar-refractivity contribution in [2.24, 2.45) is 0 Å². The van der Waals surface area contributed by atoms with E-state index in [9.17, 15) is 0 Å². The monoisotopic (exact) mass is 183 g/mol. The van der Waals surface area contributed by atoms with Crippen LogP contribution in [0.3, 0.4) is 0 Å². The average Bonchev–Trinajstić information content (AvgIpc) is 2.27. The van der Waals surface area contributed by atoms with Crippen molar-refractivity contribution in [3.63, 3.8) is 0 Å². The van der Waals surface area contributed by atoms with Crippen LogP contribution in [-0.4, -0.2) is 4.98 Å². The van der Waals surface area contributed by atoms with Gasteiger partial charge in [-0.3, -0.25) is 4.98 Å². The molecule has 2 rings (SSSR count). The fraction of sp³-hybridized carbons (Fsp3) is 0.154. The largest absolute Gasteiger partial charge is 0.255 e. The van der Waals surface area contributed by atoms with Crippen molar-refractivity contribution in [1.29, 1.82) is 0 Å². The second kappa shape index (κ2) is 3.62. The fourth-order valence-electron chi connectivity index (χ4n) is 1.64. The standard InChI is InChI=1S/C13H13N/c1-3-10-8-12-7-5-6-11(4-2)13(12)14-9-10/h3,5-9H,1,4H2,2H3. The Morgan fingerprint density at radius 2 is 2.29 bits per heavy atom. The second-order valence-electron chi connectivity index (χ2n) is 3.32. The zero-order chi connectivity index (χ0) is 9.97. The molecule has 0 saturated heterocycles. The van der Waals surface area contributed by atoms with Gasteiger partial charge in [0, 0.05) is 11.6 Å². The Morgan fingerprint density at radius 3 is 3.00 bits per heavy atom. The van der Waals surface area contributed by atoms with Crippen LogP contribution in [0.1, 0.15) is 18.1 Å². The maximum atomic E-state index is 4.45. The maximum absolute atomic E-state index is 4.45. The third-order valence-corrected chi connectivity index (χ3v) is 2.43. The summed E-state index contributed by atoms with van der Waals surface area (Å²) in [6, 6.07) is 8.42. The molecule has 0 aliphatic heterocycles. The minimum atomic E-state index is 1.03. The summed E-state index contributed by atoms with van der Waals surface area (Å²) in [5.41, 5.74) is 3.49. The summed E-state index contributed by atoms with van der Waals surface area (Å²) >= 11 is 0. The quantitative estimate of drug-likeness (QED) is 0.695. The number of benzene rings is 1. The molecule has 0 aliphatic carbocycles. The van der Waals surface area contributed by atoms with Gasteiger partial charge < -0.3 is 0 Å². The van der Waals surface area contributed by atoms with Crippen LogP contribution in [0.5, 0.6) is 0 Å². The minimum absolute atomic E-state index is 1.03. The van der Waals surface area contributed by atoms with Crippen LogP contribution >= 0.6 is 0 Å². The van der Waals surface area contributed by atoms with Crippen LogP contribution in [0.15, 0.2) is 37.0 Å². The van der Waals surface area contributed by atoms with Crippen molar-refractivity contribution in [2.75, 3.05) is 0 Å². The van der Waals surface area contributed by atoms with Crippen LogP contribution in [0.2, 0.25) is 0 Å². The second-order valence-corrected chi connectivity index (χ2v) is 3.32. The van der Waals surface area contributed by atoms with Crippen molar-refractivity contribution < 1.29 is 0 Å². The van der Waals surface area contributed by atoms with Gasteiger partial charge in [-0.25, -0.2) is 0 Å². The third-order valence-electron chi connectivity index (χ3n) is 2.43. The molecule has 1 aromatic heterocycles. The zero-order valence-electron chi connectivity index (χ0n) is 8.33. The first-order valence-electron chi connectivity index (χ1n) is 4.85. The molecule has 0 bridgehead atoms. The summed E-state index contributed by atoms with van der Waals surface area (Å²) in [6.45, 7) is 5.89. The lowest BCUT2D eigenvalue weighted by molar-refractivity contribution is 1.14. The lowest BCUT2D eigenvalue weighted by Crippen LogP contribution is -1.87. The van der Waals surface area contributed by atoms with E-state index in [2.05, 4.69) is 42.8 Å². The van der Waals surface area contributed by atoms with E-state index in [1.165, 1.54) is 10.9 Å². The minimum Gasteiger partial charge on any atom is -0.255 e. The number of para-hydroxylation sites is 1. The Balaban J connectivity index is 2.73. The first-order chi connectivity index (χ1) is 6.85. The third kappa shape index (κ3) is 1.41. The number of nitrogens with zero attached hydrogens (tertiary/aromatic N) is 1. The lowest BCUT2D eigenvalue weighted by atomic mass is 10.1. The average molecular weight is 183 g/mol. The lowest BCUT2D eigenvalue weighted by Gasteiger charge is -2.03. The van der Waals surface area contributed by atoms with Gasteiger partial charge in [-0.15, -0.1) is 0 Å². The van der Waals surface area contributed by atoms with Crippen LogP contribution in [0.4, 0.5) is 0 Å². The molecular formula is C13H13N. The van der Waals surface area contributed by atoms with Gasteiger partial charge >= 0.3 is 0 Å². The predicted octanol–water partition coefficient (Wildman–Crippen LogP) is 3.44.